The van der Waals surface area contributed by atoms with Crippen LogP contribution in [0.4, 0.5) is 11.4 Å². The van der Waals surface area contributed by atoms with Crippen LogP contribution in [0.3, 0.4) is 0 Å². The quantitative estimate of drug-likeness (QED) is 0.262. The van der Waals surface area contributed by atoms with E-state index in [2.05, 4.69) is 82.7 Å². The molecule has 4 nitrogen and oxygen atoms in total. The van der Waals surface area contributed by atoms with Gasteiger partial charge in [-0.1, -0.05) is 42.5 Å². The fourth-order valence-corrected chi connectivity index (χ4v) is 7.61. The van der Waals surface area contributed by atoms with Crippen LogP contribution >= 0.6 is 11.8 Å². The predicted molar refractivity (Wildman–Crippen MR) is 143 cm³/mol. The normalized spacial score (nSPS) is 23.7. The smallest absolute Gasteiger partial charge is 0.0952 e. The zero-order valence-corrected chi connectivity index (χ0v) is 19.6. The third kappa shape index (κ3) is 2.56. The van der Waals surface area contributed by atoms with Crippen molar-refractivity contribution in [2.75, 3.05) is 4.90 Å². The Labute approximate surface area is 207 Å². The van der Waals surface area contributed by atoms with Crippen molar-refractivity contribution in [2.45, 2.75) is 15.7 Å². The lowest BCUT2D eigenvalue weighted by Gasteiger charge is -2.35. The first-order chi connectivity index (χ1) is 17.4. The Morgan fingerprint density at radius 3 is 2.46 bits per heavy atom. The number of anilines is 2. The van der Waals surface area contributed by atoms with E-state index in [1.165, 1.54) is 10.6 Å². The Kier molecular flexibility index (Phi) is 3.89. The summed E-state index contributed by atoms with van der Waals surface area (Å²) >= 11 is 2.00. The fraction of sp³-hybridized carbons (Fsp3) is 0.100. The maximum absolute atomic E-state index is 5.01. The fourth-order valence-electron chi connectivity index (χ4n) is 6.02. The molecule has 2 aromatic carbocycles. The van der Waals surface area contributed by atoms with Crippen LogP contribution in [0.2, 0.25) is 0 Å². The average Bonchev–Trinajstić information content (AvgIpc) is 3.59. The van der Waals surface area contributed by atoms with Crippen molar-refractivity contribution in [3.63, 3.8) is 0 Å². The van der Waals surface area contributed by atoms with Crippen LogP contribution in [0.25, 0.3) is 32.9 Å². The van der Waals surface area contributed by atoms with Gasteiger partial charge in [-0.25, -0.2) is 0 Å². The van der Waals surface area contributed by atoms with E-state index in [-0.39, 0.29) is 4.75 Å². The van der Waals surface area contributed by atoms with Crippen molar-refractivity contribution < 1.29 is 0 Å². The molecule has 35 heavy (non-hydrogen) atoms. The van der Waals surface area contributed by atoms with E-state index in [0.717, 1.165) is 38.6 Å². The third-order valence-electron chi connectivity index (χ3n) is 7.50. The van der Waals surface area contributed by atoms with Crippen molar-refractivity contribution >= 4 is 44.9 Å². The lowest BCUT2D eigenvalue weighted by Crippen LogP contribution is -2.30. The molecule has 0 bridgehead atoms. The van der Waals surface area contributed by atoms with Crippen LogP contribution in [0.1, 0.15) is 0 Å². The molecule has 3 atom stereocenters. The van der Waals surface area contributed by atoms with Crippen LogP contribution in [-0.2, 0) is 0 Å². The maximum atomic E-state index is 5.01. The highest BCUT2D eigenvalue weighted by atomic mass is 32.2. The number of hydrogen-bond acceptors (Lipinski definition) is 5. The molecule has 8 rings (SSSR count). The molecule has 1 fully saturated rings. The summed E-state index contributed by atoms with van der Waals surface area (Å²) < 4.78 is 0.0580. The molecule has 3 aromatic heterocycles. The van der Waals surface area contributed by atoms with E-state index >= 15 is 0 Å². The molecule has 0 radical (unpaired) electrons. The molecule has 0 saturated heterocycles. The number of rotatable bonds is 2. The van der Waals surface area contributed by atoms with Gasteiger partial charge >= 0.3 is 0 Å². The molecule has 5 aromatic rings. The SMILES string of the molecule is C1=CC2C3N(c4c5cccnc5c(-c5ccncc5)c5cccnc45)c4ccccc4S[C@]23C=C1. The zero-order chi connectivity index (χ0) is 23.0. The lowest BCUT2D eigenvalue weighted by molar-refractivity contribution is 0.896. The van der Waals surface area contributed by atoms with Gasteiger partial charge in [-0.05, 0) is 48.0 Å². The van der Waals surface area contributed by atoms with Crippen LogP contribution in [0.5, 0.6) is 0 Å². The van der Waals surface area contributed by atoms with Gasteiger partial charge in [0.1, 0.15) is 0 Å². The summed E-state index contributed by atoms with van der Waals surface area (Å²) in [5, 5.41) is 2.23. The van der Waals surface area contributed by atoms with E-state index in [0.29, 0.717) is 12.0 Å². The van der Waals surface area contributed by atoms with Crippen LogP contribution in [-0.4, -0.2) is 25.7 Å². The third-order valence-corrected chi connectivity index (χ3v) is 9.07. The van der Waals surface area contributed by atoms with Gasteiger partial charge in [0.05, 0.1) is 33.2 Å². The first-order valence-corrected chi connectivity index (χ1v) is 12.7. The second-order valence-electron chi connectivity index (χ2n) is 9.27. The standard InChI is InChI=1S/C30H20N4S/c1-2-11-24-23(10-1)34(29-22-9-3-4-14-30(22,29)35-24)28-21-8-6-15-32-26(21)25(19-12-17-31-18-13-19)20-7-5-16-33-27(20)28/h1-18,22,29H/t22?,29?,30-/m1/s1. The van der Waals surface area contributed by atoms with Gasteiger partial charge in [-0.3, -0.25) is 15.0 Å². The molecule has 5 heteroatoms. The van der Waals surface area contributed by atoms with E-state index in [4.69, 9.17) is 9.97 Å². The van der Waals surface area contributed by atoms with Crippen molar-refractivity contribution in [1.29, 1.82) is 0 Å². The second-order valence-corrected chi connectivity index (χ2v) is 10.6. The summed E-state index contributed by atoms with van der Waals surface area (Å²) in [5.74, 6) is 0.454. The summed E-state index contributed by atoms with van der Waals surface area (Å²) in [4.78, 5) is 18.1. The number of para-hydroxylation sites is 1. The van der Waals surface area contributed by atoms with Gasteiger partial charge in [0, 0.05) is 51.9 Å². The number of hydrogen-bond donors (Lipinski definition) is 0. The number of fused-ring (bicyclic) bond motifs is 4. The largest absolute Gasteiger partial charge is 0.333 e. The van der Waals surface area contributed by atoms with Gasteiger partial charge in [-0.2, -0.15) is 0 Å². The molecule has 3 aliphatic rings. The number of nitrogens with zero attached hydrogens (tertiary/aromatic N) is 4. The van der Waals surface area contributed by atoms with Crippen molar-refractivity contribution in [2.24, 2.45) is 5.92 Å². The minimum atomic E-state index is 0.0580. The highest BCUT2D eigenvalue weighted by Crippen LogP contribution is 2.69. The lowest BCUT2D eigenvalue weighted by atomic mass is 9.95. The van der Waals surface area contributed by atoms with Crippen LogP contribution in [0, 0.1) is 5.92 Å². The first-order valence-electron chi connectivity index (χ1n) is 11.9. The Morgan fingerprint density at radius 2 is 1.57 bits per heavy atom. The van der Waals surface area contributed by atoms with Crippen molar-refractivity contribution in [1.82, 2.24) is 15.0 Å². The molecule has 2 unspecified atom stereocenters. The zero-order valence-electron chi connectivity index (χ0n) is 18.7. The molecule has 2 aliphatic carbocycles. The van der Waals surface area contributed by atoms with Gasteiger partial charge < -0.3 is 4.90 Å². The molecule has 1 spiro atoms. The number of thioether (sulfide) groups is 1. The number of aromatic nitrogens is 3. The molecule has 1 saturated carbocycles. The Balaban J connectivity index is 1.51. The number of pyridine rings is 3. The number of benzene rings is 2. The first kappa shape index (κ1) is 19.4. The van der Waals surface area contributed by atoms with E-state index < -0.39 is 0 Å². The molecule has 1 aliphatic heterocycles. The predicted octanol–water partition coefficient (Wildman–Crippen LogP) is 6.95. The van der Waals surface area contributed by atoms with Gasteiger partial charge in [0.2, 0.25) is 0 Å². The molecular weight excluding hydrogens is 448 g/mol. The second kappa shape index (κ2) is 7.03. The number of allylic oxidation sites excluding steroid dienone is 2. The minimum Gasteiger partial charge on any atom is -0.333 e. The Bertz CT molecular complexity index is 1650. The van der Waals surface area contributed by atoms with E-state index in [1.807, 2.05) is 48.7 Å². The molecule has 166 valence electrons. The van der Waals surface area contributed by atoms with Crippen molar-refractivity contribution in [3.05, 3.63) is 110 Å². The van der Waals surface area contributed by atoms with Crippen LogP contribution < -0.4 is 4.90 Å². The van der Waals surface area contributed by atoms with Crippen molar-refractivity contribution in [3.8, 4) is 11.1 Å². The molecule has 0 N–H and O–H groups in total. The van der Waals surface area contributed by atoms with Gasteiger partial charge in [-0.15, -0.1) is 11.8 Å². The Morgan fingerprint density at radius 1 is 0.771 bits per heavy atom. The monoisotopic (exact) mass is 468 g/mol. The summed E-state index contributed by atoms with van der Waals surface area (Å²) in [7, 11) is 0. The highest BCUT2D eigenvalue weighted by molar-refractivity contribution is 8.01. The summed E-state index contributed by atoms with van der Waals surface area (Å²) in [5.41, 5.74) is 6.61. The van der Waals surface area contributed by atoms with Gasteiger partial charge in [0.15, 0.2) is 0 Å². The topological polar surface area (TPSA) is 41.9 Å². The summed E-state index contributed by atoms with van der Waals surface area (Å²) in [6, 6.07) is 21.7. The van der Waals surface area contributed by atoms with E-state index in [9.17, 15) is 0 Å². The Hall–Kier alpha value is -3.96. The summed E-state index contributed by atoms with van der Waals surface area (Å²) in [6.07, 6.45) is 16.7. The maximum Gasteiger partial charge on any atom is 0.0952 e. The summed E-state index contributed by atoms with van der Waals surface area (Å²) in [6.45, 7) is 0. The highest BCUT2D eigenvalue weighted by Gasteiger charge is 2.68. The minimum absolute atomic E-state index is 0.0580. The van der Waals surface area contributed by atoms with Crippen LogP contribution in [0.15, 0.2) is 115 Å². The average molecular weight is 469 g/mol. The molecule has 0 amide bonds. The molecule has 4 heterocycles. The molecular formula is C30H20N4S. The van der Waals surface area contributed by atoms with E-state index in [1.54, 1.807) is 0 Å². The van der Waals surface area contributed by atoms with Gasteiger partial charge in [0.25, 0.3) is 0 Å².